The number of halogens is 1. The summed E-state index contributed by atoms with van der Waals surface area (Å²) in [5.41, 5.74) is 2.54. The molecule has 1 N–H and O–H groups in total. The number of aromatic nitrogens is 3. The van der Waals surface area contributed by atoms with Gasteiger partial charge in [0.25, 0.3) is 0 Å². The summed E-state index contributed by atoms with van der Waals surface area (Å²) < 4.78 is 1.75. The molecule has 0 saturated carbocycles. The van der Waals surface area contributed by atoms with E-state index in [-0.39, 0.29) is 0 Å². The van der Waals surface area contributed by atoms with E-state index in [1.54, 1.807) is 10.8 Å². The van der Waals surface area contributed by atoms with Gasteiger partial charge in [-0.1, -0.05) is 59.3 Å². The second-order valence-corrected chi connectivity index (χ2v) is 5.10. The molecule has 1 aromatic heterocycles. The molecule has 0 bridgehead atoms. The van der Waals surface area contributed by atoms with E-state index in [2.05, 4.69) is 10.3 Å². The molecule has 3 rings (SSSR count). The van der Waals surface area contributed by atoms with Crippen LogP contribution >= 0.6 is 11.6 Å². The minimum atomic E-state index is -0.817. The Bertz CT molecular complexity index is 767. The number of benzene rings is 2. The van der Waals surface area contributed by atoms with E-state index >= 15 is 0 Å². The van der Waals surface area contributed by atoms with Gasteiger partial charge in [-0.2, -0.15) is 0 Å². The molecule has 0 spiro atoms. The van der Waals surface area contributed by atoms with Crippen molar-refractivity contribution in [3.63, 3.8) is 0 Å². The highest BCUT2D eigenvalue weighted by atomic mass is 35.5. The van der Waals surface area contributed by atoms with Gasteiger partial charge < -0.3 is 5.11 Å². The van der Waals surface area contributed by atoms with E-state index in [9.17, 15) is 5.11 Å². The molecule has 2 aromatic carbocycles. The van der Waals surface area contributed by atoms with Crippen molar-refractivity contribution in [1.29, 1.82) is 0 Å². The number of rotatable bonds is 4. The molecular weight excluding hydrogens is 286 g/mol. The van der Waals surface area contributed by atoms with E-state index in [1.807, 2.05) is 54.6 Å². The van der Waals surface area contributed by atoms with Gasteiger partial charge in [0.05, 0.1) is 12.1 Å². The predicted molar refractivity (Wildman–Crippen MR) is 82.9 cm³/mol. The van der Waals surface area contributed by atoms with Gasteiger partial charge in [0, 0.05) is 5.03 Å². The van der Waals surface area contributed by atoms with Crippen molar-refractivity contribution in [2.24, 2.45) is 0 Å². The molecule has 0 aliphatic heterocycles. The molecule has 1 unspecified atom stereocenters. The maximum atomic E-state index is 10.2. The minimum absolute atomic E-state index is 0.376. The first kappa shape index (κ1) is 13.8. The lowest BCUT2D eigenvalue weighted by Gasteiger charge is -2.09. The zero-order valence-electron chi connectivity index (χ0n) is 11.2. The molecule has 0 saturated heterocycles. The van der Waals surface area contributed by atoms with Crippen LogP contribution in [0.2, 0.25) is 0 Å². The average molecular weight is 300 g/mol. The third kappa shape index (κ3) is 2.96. The minimum Gasteiger partial charge on any atom is -0.383 e. The fourth-order valence-corrected chi connectivity index (χ4v) is 2.33. The van der Waals surface area contributed by atoms with Crippen molar-refractivity contribution >= 4 is 22.6 Å². The summed E-state index contributed by atoms with van der Waals surface area (Å²) in [5.74, 6) is 0. The maximum absolute atomic E-state index is 10.2. The van der Waals surface area contributed by atoms with Crippen LogP contribution in [-0.4, -0.2) is 20.1 Å². The van der Waals surface area contributed by atoms with Gasteiger partial charge in [-0.3, -0.25) is 0 Å². The first-order valence-electron chi connectivity index (χ1n) is 6.62. The number of aliphatic hydroxyl groups excluding tert-OH is 1. The van der Waals surface area contributed by atoms with Crippen LogP contribution in [0.1, 0.15) is 11.7 Å². The van der Waals surface area contributed by atoms with Crippen LogP contribution in [0.5, 0.6) is 0 Å². The molecule has 0 aliphatic carbocycles. The number of nitrogens with zero attached hydrogens (tertiary/aromatic N) is 3. The summed E-state index contributed by atoms with van der Waals surface area (Å²) in [7, 11) is 0. The van der Waals surface area contributed by atoms with Crippen LogP contribution in [0, 0.1) is 0 Å². The van der Waals surface area contributed by atoms with Gasteiger partial charge in [0.2, 0.25) is 0 Å². The standard InChI is InChI=1S/C16H14ClN3O/c17-13(16(21)12-6-2-1-3-7-12)10-11-20-15-9-5-4-8-14(15)18-19-20/h1-10,16,21H,11H2/b13-10-. The Kier molecular flexibility index (Phi) is 3.99. The second kappa shape index (κ2) is 6.08. The van der Waals surface area contributed by atoms with Crippen LogP contribution in [0.15, 0.2) is 65.7 Å². The molecule has 1 heterocycles. The highest BCUT2D eigenvalue weighted by Crippen LogP contribution is 2.24. The topological polar surface area (TPSA) is 50.9 Å². The van der Waals surface area contributed by atoms with E-state index in [4.69, 9.17) is 11.6 Å². The van der Waals surface area contributed by atoms with Crippen molar-refractivity contribution in [3.8, 4) is 0 Å². The van der Waals surface area contributed by atoms with E-state index < -0.39 is 6.10 Å². The van der Waals surface area contributed by atoms with Crippen molar-refractivity contribution in [2.45, 2.75) is 12.6 Å². The Morgan fingerprint density at radius 2 is 1.86 bits per heavy atom. The normalized spacial score (nSPS) is 13.5. The Hall–Kier alpha value is -2.17. The molecule has 3 aromatic rings. The quantitative estimate of drug-likeness (QED) is 0.804. The van der Waals surface area contributed by atoms with E-state index in [1.165, 1.54) is 0 Å². The van der Waals surface area contributed by atoms with Crippen LogP contribution < -0.4 is 0 Å². The Morgan fingerprint density at radius 3 is 2.67 bits per heavy atom. The lowest BCUT2D eigenvalue weighted by molar-refractivity contribution is 0.223. The number of hydrogen-bond donors (Lipinski definition) is 1. The molecule has 5 heteroatoms. The summed E-state index contributed by atoms with van der Waals surface area (Å²) in [6, 6.07) is 17.0. The molecule has 0 fully saturated rings. The molecule has 4 nitrogen and oxygen atoms in total. The van der Waals surface area contributed by atoms with Gasteiger partial charge in [0.15, 0.2) is 0 Å². The van der Waals surface area contributed by atoms with Crippen LogP contribution in [-0.2, 0) is 6.54 Å². The maximum Gasteiger partial charge on any atom is 0.114 e. The summed E-state index contributed by atoms with van der Waals surface area (Å²) in [6.45, 7) is 0.462. The second-order valence-electron chi connectivity index (χ2n) is 4.66. The van der Waals surface area contributed by atoms with Crippen molar-refractivity contribution in [3.05, 3.63) is 71.3 Å². The Morgan fingerprint density at radius 1 is 1.14 bits per heavy atom. The molecule has 0 amide bonds. The lowest BCUT2D eigenvalue weighted by Crippen LogP contribution is -2.01. The van der Waals surface area contributed by atoms with Crippen LogP contribution in [0.25, 0.3) is 11.0 Å². The summed E-state index contributed by atoms with van der Waals surface area (Å²) in [5, 5.41) is 18.7. The first-order chi connectivity index (χ1) is 10.3. The largest absolute Gasteiger partial charge is 0.383 e. The predicted octanol–water partition coefficient (Wildman–Crippen LogP) is 3.29. The van der Waals surface area contributed by atoms with Gasteiger partial charge in [-0.15, -0.1) is 5.10 Å². The molecule has 106 valence electrons. The molecular formula is C16H14ClN3O. The number of hydrogen-bond acceptors (Lipinski definition) is 3. The fraction of sp³-hybridized carbons (Fsp3) is 0.125. The number of allylic oxidation sites excluding steroid dienone is 1. The number of para-hydroxylation sites is 1. The van der Waals surface area contributed by atoms with Crippen molar-refractivity contribution in [1.82, 2.24) is 15.0 Å². The van der Waals surface area contributed by atoms with E-state index in [0.29, 0.717) is 11.6 Å². The third-order valence-corrected chi connectivity index (χ3v) is 3.62. The number of fused-ring (bicyclic) bond motifs is 1. The zero-order chi connectivity index (χ0) is 14.7. The zero-order valence-corrected chi connectivity index (χ0v) is 12.0. The average Bonchev–Trinajstić information content (AvgIpc) is 2.96. The van der Waals surface area contributed by atoms with Gasteiger partial charge >= 0.3 is 0 Å². The monoisotopic (exact) mass is 299 g/mol. The van der Waals surface area contributed by atoms with Crippen molar-refractivity contribution in [2.75, 3.05) is 0 Å². The lowest BCUT2D eigenvalue weighted by atomic mass is 10.1. The molecule has 0 radical (unpaired) electrons. The van der Waals surface area contributed by atoms with Crippen LogP contribution in [0.3, 0.4) is 0 Å². The van der Waals surface area contributed by atoms with Gasteiger partial charge in [0.1, 0.15) is 11.6 Å². The SMILES string of the molecule is OC(/C(Cl)=C/Cn1nnc2ccccc21)c1ccccc1. The Labute approximate surface area is 127 Å². The first-order valence-corrected chi connectivity index (χ1v) is 7.00. The van der Waals surface area contributed by atoms with Gasteiger partial charge in [-0.25, -0.2) is 4.68 Å². The Balaban J connectivity index is 1.79. The highest BCUT2D eigenvalue weighted by Gasteiger charge is 2.11. The number of aliphatic hydroxyl groups is 1. The summed E-state index contributed by atoms with van der Waals surface area (Å²) in [6.07, 6.45) is 0.933. The molecule has 21 heavy (non-hydrogen) atoms. The van der Waals surface area contributed by atoms with E-state index in [0.717, 1.165) is 16.6 Å². The molecule has 1 atom stereocenters. The highest BCUT2D eigenvalue weighted by molar-refractivity contribution is 6.30. The fourth-order valence-electron chi connectivity index (χ4n) is 2.13. The smallest absolute Gasteiger partial charge is 0.114 e. The summed E-state index contributed by atoms with van der Waals surface area (Å²) in [4.78, 5) is 0. The van der Waals surface area contributed by atoms with Crippen molar-refractivity contribution < 1.29 is 5.11 Å². The summed E-state index contributed by atoms with van der Waals surface area (Å²) >= 11 is 6.18. The molecule has 0 aliphatic rings. The van der Waals surface area contributed by atoms with Crippen LogP contribution in [0.4, 0.5) is 0 Å². The third-order valence-electron chi connectivity index (χ3n) is 3.26. The van der Waals surface area contributed by atoms with Gasteiger partial charge in [-0.05, 0) is 23.8 Å².